The van der Waals surface area contributed by atoms with E-state index in [9.17, 15) is 9.59 Å². The summed E-state index contributed by atoms with van der Waals surface area (Å²) in [5.41, 5.74) is 3.57. The fraction of sp³-hybridized carbons (Fsp3) is 0.421. The van der Waals surface area contributed by atoms with Gasteiger partial charge in [0, 0.05) is 26.8 Å². The monoisotopic (exact) mass is 425 g/mol. The fourth-order valence-corrected chi connectivity index (χ4v) is 2.56. The first-order valence-electron chi connectivity index (χ1n) is 8.72. The number of aryl methyl sites for hydroxylation is 2. The molecule has 0 bridgehead atoms. The Hall–Kier alpha value is -2.88. The van der Waals surface area contributed by atoms with E-state index in [2.05, 4.69) is 53.4 Å². The van der Waals surface area contributed by atoms with E-state index < -0.39 is 12.2 Å². The van der Waals surface area contributed by atoms with Crippen LogP contribution in [0.4, 0.5) is 9.59 Å². The number of carbonyl (C=O) groups is 2. The molecule has 2 amide bonds. The maximum Gasteiger partial charge on any atom is 0.406 e. The Morgan fingerprint density at radius 3 is 1.97 bits per heavy atom. The molecule has 0 spiro atoms. The molecule has 162 valence electrons. The SMILES string of the molecule is CC1=CSCN1.CNC(=O)OC.CNC(=O)OC.Cc1nc2ccccc2n1C. The van der Waals surface area contributed by atoms with Crippen molar-refractivity contribution < 1.29 is 19.1 Å². The quantitative estimate of drug-likeness (QED) is 0.596. The van der Waals surface area contributed by atoms with Crippen LogP contribution < -0.4 is 16.0 Å². The van der Waals surface area contributed by atoms with Gasteiger partial charge in [-0.3, -0.25) is 0 Å². The van der Waals surface area contributed by atoms with Crippen LogP contribution >= 0.6 is 11.8 Å². The minimum Gasteiger partial charge on any atom is -0.453 e. The highest BCUT2D eigenvalue weighted by Crippen LogP contribution is 2.12. The van der Waals surface area contributed by atoms with E-state index in [1.165, 1.54) is 39.5 Å². The molecule has 2 aromatic rings. The van der Waals surface area contributed by atoms with Crippen LogP contribution in [0.25, 0.3) is 11.0 Å². The first-order chi connectivity index (χ1) is 13.8. The zero-order valence-electron chi connectivity index (χ0n) is 18.0. The van der Waals surface area contributed by atoms with Crippen molar-refractivity contribution in [3.8, 4) is 0 Å². The van der Waals surface area contributed by atoms with Crippen molar-refractivity contribution in [2.45, 2.75) is 13.8 Å². The summed E-state index contributed by atoms with van der Waals surface area (Å²) in [6.07, 6.45) is -0.815. The third-order valence-electron chi connectivity index (χ3n) is 3.48. The van der Waals surface area contributed by atoms with Crippen LogP contribution in [0.5, 0.6) is 0 Å². The number of fused-ring (bicyclic) bond motifs is 1. The van der Waals surface area contributed by atoms with Crippen molar-refractivity contribution in [1.29, 1.82) is 0 Å². The van der Waals surface area contributed by atoms with Crippen LogP contribution in [0.3, 0.4) is 0 Å². The molecule has 1 aliphatic heterocycles. The van der Waals surface area contributed by atoms with Crippen molar-refractivity contribution in [3.05, 3.63) is 41.2 Å². The molecule has 3 rings (SSSR count). The zero-order chi connectivity index (χ0) is 22.2. The molecule has 0 unspecified atom stereocenters. The minimum absolute atomic E-state index is 0.407. The average Bonchev–Trinajstić information content (AvgIpc) is 3.34. The second-order valence-electron chi connectivity index (χ2n) is 5.48. The van der Waals surface area contributed by atoms with Gasteiger partial charge < -0.3 is 30.0 Å². The smallest absolute Gasteiger partial charge is 0.406 e. The highest BCUT2D eigenvalue weighted by atomic mass is 32.2. The second-order valence-corrected chi connectivity index (χ2v) is 6.34. The third-order valence-corrected chi connectivity index (χ3v) is 4.32. The summed E-state index contributed by atoms with van der Waals surface area (Å²) >= 11 is 1.81. The number of amides is 2. The van der Waals surface area contributed by atoms with Gasteiger partial charge in [-0.05, 0) is 31.4 Å². The molecule has 9 nitrogen and oxygen atoms in total. The molecule has 0 aliphatic carbocycles. The van der Waals surface area contributed by atoms with Gasteiger partial charge in [-0.2, -0.15) is 0 Å². The van der Waals surface area contributed by atoms with Crippen LogP contribution in [0.15, 0.2) is 35.4 Å². The molecule has 10 heteroatoms. The van der Waals surface area contributed by atoms with Crippen molar-refractivity contribution in [3.63, 3.8) is 0 Å². The van der Waals surface area contributed by atoms with Gasteiger partial charge in [0.1, 0.15) is 5.82 Å². The lowest BCUT2D eigenvalue weighted by atomic mass is 10.3. The van der Waals surface area contributed by atoms with Gasteiger partial charge in [-0.25, -0.2) is 14.6 Å². The maximum atomic E-state index is 9.85. The Morgan fingerprint density at radius 1 is 1.10 bits per heavy atom. The summed E-state index contributed by atoms with van der Waals surface area (Å²) < 4.78 is 10.4. The van der Waals surface area contributed by atoms with Crippen LogP contribution in [-0.4, -0.2) is 55.9 Å². The number of nitrogens with one attached hydrogen (secondary N) is 3. The number of para-hydroxylation sites is 2. The maximum absolute atomic E-state index is 9.85. The number of imidazole rings is 1. The van der Waals surface area contributed by atoms with Gasteiger partial charge in [0.25, 0.3) is 0 Å². The van der Waals surface area contributed by atoms with Crippen molar-refractivity contribution in [2.75, 3.05) is 34.2 Å². The first-order valence-corrected chi connectivity index (χ1v) is 9.77. The topological polar surface area (TPSA) is 107 Å². The molecule has 0 radical (unpaired) electrons. The lowest BCUT2D eigenvalue weighted by Gasteiger charge is -1.93. The number of carbonyl (C=O) groups excluding carboxylic acids is 2. The van der Waals surface area contributed by atoms with E-state index in [0.717, 1.165) is 17.2 Å². The number of thioether (sulfide) groups is 1. The predicted octanol–water partition coefficient (Wildman–Crippen LogP) is 2.97. The Balaban J connectivity index is 0.000000381. The highest BCUT2D eigenvalue weighted by molar-refractivity contribution is 8.02. The Labute approximate surface area is 176 Å². The number of alkyl carbamates (subject to hydrolysis) is 2. The zero-order valence-corrected chi connectivity index (χ0v) is 18.8. The van der Waals surface area contributed by atoms with E-state index in [4.69, 9.17) is 0 Å². The van der Waals surface area contributed by atoms with E-state index in [1.807, 2.05) is 43.9 Å². The number of rotatable bonds is 0. The van der Waals surface area contributed by atoms with Gasteiger partial charge >= 0.3 is 12.2 Å². The Kier molecular flexibility index (Phi) is 13.6. The van der Waals surface area contributed by atoms with E-state index >= 15 is 0 Å². The molecule has 29 heavy (non-hydrogen) atoms. The number of nitrogens with zero attached hydrogens (tertiary/aromatic N) is 2. The molecule has 3 N–H and O–H groups in total. The van der Waals surface area contributed by atoms with Crippen LogP contribution in [0.1, 0.15) is 12.7 Å². The van der Waals surface area contributed by atoms with Crippen LogP contribution in [-0.2, 0) is 16.5 Å². The van der Waals surface area contributed by atoms with E-state index in [-0.39, 0.29) is 0 Å². The molecular weight excluding hydrogens is 394 g/mol. The van der Waals surface area contributed by atoms with Gasteiger partial charge in [0.2, 0.25) is 0 Å². The van der Waals surface area contributed by atoms with Gasteiger partial charge in [-0.15, -0.1) is 11.8 Å². The van der Waals surface area contributed by atoms with Crippen molar-refractivity contribution in [2.24, 2.45) is 7.05 Å². The van der Waals surface area contributed by atoms with Crippen molar-refractivity contribution in [1.82, 2.24) is 25.5 Å². The number of hydrogen-bond acceptors (Lipinski definition) is 7. The summed E-state index contributed by atoms with van der Waals surface area (Å²) in [5.74, 6) is 2.12. The fourth-order valence-electron chi connectivity index (χ4n) is 1.83. The molecule has 0 fully saturated rings. The largest absolute Gasteiger partial charge is 0.453 e. The molecule has 0 atom stereocenters. The molecule has 0 saturated heterocycles. The highest BCUT2D eigenvalue weighted by Gasteiger charge is 2.00. The predicted molar refractivity (Wildman–Crippen MR) is 118 cm³/mol. The molecule has 1 aromatic heterocycles. The van der Waals surface area contributed by atoms with Gasteiger partial charge in [-0.1, -0.05) is 12.1 Å². The number of aromatic nitrogens is 2. The van der Waals surface area contributed by atoms with Gasteiger partial charge in [0.15, 0.2) is 0 Å². The number of methoxy groups -OCH3 is 2. The van der Waals surface area contributed by atoms with Crippen LogP contribution in [0.2, 0.25) is 0 Å². The van der Waals surface area contributed by atoms with E-state index in [1.54, 1.807) is 0 Å². The summed E-state index contributed by atoms with van der Waals surface area (Å²) in [6.45, 7) is 4.08. The average molecular weight is 426 g/mol. The summed E-state index contributed by atoms with van der Waals surface area (Å²) in [4.78, 5) is 24.1. The van der Waals surface area contributed by atoms with Crippen molar-refractivity contribution >= 4 is 35.0 Å². The molecular formula is C19H31N5O4S. The Morgan fingerprint density at radius 2 is 1.66 bits per heavy atom. The number of benzene rings is 1. The molecule has 1 aliphatic rings. The lowest BCUT2D eigenvalue weighted by molar-refractivity contribution is 0.172. The minimum atomic E-state index is -0.407. The normalized spacial score (nSPS) is 11.1. The number of ether oxygens (including phenoxy) is 2. The first kappa shape index (κ1) is 26.1. The number of hydrogen-bond donors (Lipinski definition) is 3. The standard InChI is InChI=1S/C9H10N2.C4H7NS.2C3H7NO2/c1-7-10-8-5-3-4-6-9(8)11(7)2;1-4-2-6-3-5-4;2*1-4-3(5)6-2/h3-6H,1-2H3;2,5H,3H2,1H3;2*1-2H3,(H,4,5). The summed E-state index contributed by atoms with van der Waals surface area (Å²) in [6, 6.07) is 8.15. The third kappa shape index (κ3) is 10.9. The van der Waals surface area contributed by atoms with E-state index in [0.29, 0.717) is 0 Å². The summed E-state index contributed by atoms with van der Waals surface area (Å²) in [7, 11) is 7.68. The number of allylic oxidation sites excluding steroid dienone is 1. The molecule has 0 saturated carbocycles. The molecule has 1 aromatic carbocycles. The second kappa shape index (κ2) is 15.1. The summed E-state index contributed by atoms with van der Waals surface area (Å²) in [5, 5.41) is 9.78. The Bertz CT molecular complexity index is 764. The lowest BCUT2D eigenvalue weighted by Crippen LogP contribution is -2.16. The van der Waals surface area contributed by atoms with Crippen LogP contribution in [0, 0.1) is 6.92 Å². The van der Waals surface area contributed by atoms with Gasteiger partial charge in [0.05, 0.1) is 31.1 Å². The molecule has 2 heterocycles.